The summed E-state index contributed by atoms with van der Waals surface area (Å²) in [7, 11) is 1.33. The zero-order valence-corrected chi connectivity index (χ0v) is 12.0. The highest BCUT2D eigenvalue weighted by molar-refractivity contribution is 9.09. The van der Waals surface area contributed by atoms with Crippen LogP contribution in [0.2, 0.25) is 0 Å². The summed E-state index contributed by atoms with van der Waals surface area (Å²) in [6.45, 7) is 0. The number of ketones is 1. The van der Waals surface area contributed by atoms with Crippen molar-refractivity contribution in [2.24, 2.45) is 0 Å². The van der Waals surface area contributed by atoms with Crippen LogP contribution >= 0.6 is 15.9 Å². The third-order valence-corrected chi connectivity index (χ3v) is 3.20. The standard InChI is InChI=1S/C14H17BrO3/c1-18-14(17)12-7-5-6-11(10-12)13(16)8-3-2-4-9-15/h5-7,10H,2-4,8-9H2,1H3. The number of esters is 1. The van der Waals surface area contributed by atoms with E-state index in [9.17, 15) is 9.59 Å². The largest absolute Gasteiger partial charge is 0.465 e. The molecular weight excluding hydrogens is 296 g/mol. The van der Waals surface area contributed by atoms with E-state index >= 15 is 0 Å². The second kappa shape index (κ2) is 8.03. The summed E-state index contributed by atoms with van der Waals surface area (Å²) < 4.78 is 4.63. The number of carbonyl (C=O) groups is 2. The molecule has 0 N–H and O–H groups in total. The van der Waals surface area contributed by atoms with Crippen molar-refractivity contribution in [3.63, 3.8) is 0 Å². The fourth-order valence-corrected chi connectivity index (χ4v) is 2.04. The number of alkyl halides is 1. The number of hydrogen-bond donors (Lipinski definition) is 0. The Kier molecular flexibility index (Phi) is 6.65. The van der Waals surface area contributed by atoms with Crippen molar-refractivity contribution in [1.82, 2.24) is 0 Å². The highest BCUT2D eigenvalue weighted by atomic mass is 79.9. The Morgan fingerprint density at radius 3 is 2.56 bits per heavy atom. The molecule has 0 aliphatic rings. The van der Waals surface area contributed by atoms with E-state index in [0.717, 1.165) is 24.6 Å². The summed E-state index contributed by atoms with van der Waals surface area (Å²) in [5.41, 5.74) is 1.00. The Morgan fingerprint density at radius 2 is 1.89 bits per heavy atom. The van der Waals surface area contributed by atoms with Gasteiger partial charge >= 0.3 is 5.97 Å². The van der Waals surface area contributed by atoms with E-state index in [1.54, 1.807) is 24.3 Å². The van der Waals surface area contributed by atoms with Gasteiger partial charge in [0.2, 0.25) is 0 Å². The molecule has 18 heavy (non-hydrogen) atoms. The first-order valence-corrected chi connectivity index (χ1v) is 7.08. The van der Waals surface area contributed by atoms with E-state index in [0.29, 0.717) is 17.5 Å². The van der Waals surface area contributed by atoms with Crippen LogP contribution in [0.25, 0.3) is 0 Å². The van der Waals surface area contributed by atoms with Gasteiger partial charge < -0.3 is 4.74 Å². The van der Waals surface area contributed by atoms with Gasteiger partial charge in [-0.2, -0.15) is 0 Å². The van der Waals surface area contributed by atoms with E-state index in [1.807, 2.05) is 0 Å². The van der Waals surface area contributed by atoms with Crippen molar-refractivity contribution < 1.29 is 14.3 Å². The molecule has 0 aliphatic heterocycles. The minimum absolute atomic E-state index is 0.0790. The van der Waals surface area contributed by atoms with Crippen molar-refractivity contribution in [1.29, 1.82) is 0 Å². The molecule has 0 radical (unpaired) electrons. The maximum absolute atomic E-state index is 11.9. The van der Waals surface area contributed by atoms with Gasteiger partial charge in [0, 0.05) is 17.3 Å². The van der Waals surface area contributed by atoms with Crippen LogP contribution in [0.4, 0.5) is 0 Å². The zero-order valence-electron chi connectivity index (χ0n) is 10.4. The smallest absolute Gasteiger partial charge is 0.337 e. The van der Waals surface area contributed by atoms with Gasteiger partial charge in [-0.3, -0.25) is 4.79 Å². The van der Waals surface area contributed by atoms with Crippen LogP contribution in [0.15, 0.2) is 24.3 Å². The molecule has 0 unspecified atom stereocenters. The van der Waals surface area contributed by atoms with Gasteiger partial charge in [-0.25, -0.2) is 4.79 Å². The molecule has 0 bridgehead atoms. The van der Waals surface area contributed by atoms with E-state index in [1.165, 1.54) is 7.11 Å². The lowest BCUT2D eigenvalue weighted by Gasteiger charge is -2.03. The van der Waals surface area contributed by atoms with Gasteiger partial charge in [0.25, 0.3) is 0 Å². The first-order chi connectivity index (χ1) is 8.69. The molecule has 4 heteroatoms. The van der Waals surface area contributed by atoms with Crippen molar-refractivity contribution in [3.05, 3.63) is 35.4 Å². The van der Waals surface area contributed by atoms with Crippen molar-refractivity contribution in [2.45, 2.75) is 25.7 Å². The van der Waals surface area contributed by atoms with Gasteiger partial charge in [0.05, 0.1) is 12.7 Å². The Bertz CT molecular complexity index is 415. The van der Waals surface area contributed by atoms with Crippen LogP contribution in [-0.2, 0) is 4.74 Å². The van der Waals surface area contributed by atoms with Crippen molar-refractivity contribution >= 4 is 27.7 Å². The molecule has 1 aromatic carbocycles. The lowest BCUT2D eigenvalue weighted by molar-refractivity contribution is 0.0600. The molecule has 1 aromatic rings. The molecule has 0 aromatic heterocycles. The molecule has 0 saturated heterocycles. The monoisotopic (exact) mass is 312 g/mol. The first-order valence-electron chi connectivity index (χ1n) is 5.96. The lowest BCUT2D eigenvalue weighted by Crippen LogP contribution is -2.05. The predicted molar refractivity (Wildman–Crippen MR) is 74.4 cm³/mol. The number of carbonyl (C=O) groups excluding carboxylic acids is 2. The highest BCUT2D eigenvalue weighted by Gasteiger charge is 2.10. The normalized spacial score (nSPS) is 10.1. The van der Waals surface area contributed by atoms with Crippen LogP contribution in [0.3, 0.4) is 0 Å². The Morgan fingerprint density at radius 1 is 1.17 bits per heavy atom. The summed E-state index contributed by atoms with van der Waals surface area (Å²) in [6.07, 6.45) is 3.52. The fraction of sp³-hybridized carbons (Fsp3) is 0.429. The maximum Gasteiger partial charge on any atom is 0.337 e. The SMILES string of the molecule is COC(=O)c1cccc(C(=O)CCCCCBr)c1. The average molecular weight is 313 g/mol. The number of Topliss-reactive ketones (excluding diaryl/α,β-unsaturated/α-hetero) is 1. The van der Waals surface area contributed by atoms with Gasteiger partial charge in [-0.15, -0.1) is 0 Å². The molecule has 0 heterocycles. The van der Waals surface area contributed by atoms with Crippen LogP contribution < -0.4 is 0 Å². The second-order valence-corrected chi connectivity index (χ2v) is 4.79. The molecular formula is C14H17BrO3. The molecule has 0 saturated carbocycles. The topological polar surface area (TPSA) is 43.4 Å². The molecule has 0 aliphatic carbocycles. The van der Waals surface area contributed by atoms with Gasteiger partial charge in [0.1, 0.15) is 0 Å². The van der Waals surface area contributed by atoms with Gasteiger partial charge in [-0.1, -0.05) is 34.5 Å². The third-order valence-electron chi connectivity index (χ3n) is 2.64. The van der Waals surface area contributed by atoms with E-state index < -0.39 is 5.97 Å². The zero-order chi connectivity index (χ0) is 13.4. The predicted octanol–water partition coefficient (Wildman–Crippen LogP) is 3.61. The molecule has 0 atom stereocenters. The maximum atomic E-state index is 11.9. The summed E-state index contributed by atoms with van der Waals surface area (Å²) in [6, 6.07) is 6.68. The summed E-state index contributed by atoms with van der Waals surface area (Å²) in [4.78, 5) is 23.3. The molecule has 98 valence electrons. The Hall–Kier alpha value is -1.16. The summed E-state index contributed by atoms with van der Waals surface area (Å²) >= 11 is 3.36. The quantitative estimate of drug-likeness (QED) is 0.334. The number of ether oxygens (including phenoxy) is 1. The number of halogens is 1. The van der Waals surface area contributed by atoms with E-state index in [4.69, 9.17) is 0 Å². The molecule has 1 rings (SSSR count). The van der Waals surface area contributed by atoms with Gasteiger partial charge in [-0.05, 0) is 25.0 Å². The summed E-state index contributed by atoms with van der Waals surface area (Å²) in [5, 5.41) is 0.971. The van der Waals surface area contributed by atoms with Crippen molar-refractivity contribution in [2.75, 3.05) is 12.4 Å². The van der Waals surface area contributed by atoms with E-state index in [2.05, 4.69) is 20.7 Å². The van der Waals surface area contributed by atoms with Crippen molar-refractivity contribution in [3.8, 4) is 0 Å². The van der Waals surface area contributed by atoms with Crippen LogP contribution in [0, 0.1) is 0 Å². The van der Waals surface area contributed by atoms with Crippen LogP contribution in [-0.4, -0.2) is 24.2 Å². The number of unbranched alkanes of at least 4 members (excludes halogenated alkanes) is 2. The molecule has 0 spiro atoms. The second-order valence-electron chi connectivity index (χ2n) is 4.00. The number of rotatable bonds is 7. The number of hydrogen-bond acceptors (Lipinski definition) is 3. The number of methoxy groups -OCH3 is 1. The summed E-state index contributed by atoms with van der Waals surface area (Å²) in [5.74, 6) is -0.334. The highest BCUT2D eigenvalue weighted by Crippen LogP contribution is 2.11. The molecule has 3 nitrogen and oxygen atoms in total. The third kappa shape index (κ3) is 4.61. The van der Waals surface area contributed by atoms with E-state index in [-0.39, 0.29) is 5.78 Å². The average Bonchev–Trinajstić information content (AvgIpc) is 2.42. The Balaban J connectivity index is 2.60. The molecule has 0 amide bonds. The fourth-order valence-electron chi connectivity index (χ4n) is 1.64. The lowest BCUT2D eigenvalue weighted by atomic mass is 10.0. The van der Waals surface area contributed by atoms with Crippen LogP contribution in [0.1, 0.15) is 46.4 Å². The van der Waals surface area contributed by atoms with Gasteiger partial charge in [0.15, 0.2) is 5.78 Å². The molecule has 0 fully saturated rings. The Labute approximate surface area is 116 Å². The van der Waals surface area contributed by atoms with Crippen LogP contribution in [0.5, 0.6) is 0 Å². The first kappa shape index (κ1) is 14.9. The minimum atomic E-state index is -0.413. The minimum Gasteiger partial charge on any atom is -0.465 e. The number of benzene rings is 1.